The maximum Gasteiger partial charge on any atom is 0.411 e. The van der Waals surface area contributed by atoms with E-state index in [9.17, 15) is 39.6 Å². The minimum atomic E-state index is -5.55. The first-order valence-electron chi connectivity index (χ1n) is 53.4. The molecule has 0 amide bonds. The summed E-state index contributed by atoms with van der Waals surface area (Å²) in [6.45, 7) is 82.4. The highest BCUT2D eigenvalue weighted by Crippen LogP contribution is 2.57. The van der Waals surface area contributed by atoms with E-state index in [1.54, 1.807) is 54.8 Å². The number of ketones is 1. The van der Waals surface area contributed by atoms with Crippen molar-refractivity contribution in [2.45, 2.75) is 334 Å². The molecule has 14 heteroatoms. The molecule has 0 saturated heterocycles. The van der Waals surface area contributed by atoms with E-state index in [0.29, 0.717) is 32.0 Å². The summed E-state index contributed by atoms with van der Waals surface area (Å²) < 4.78 is 122. The summed E-state index contributed by atoms with van der Waals surface area (Å²) in [5, 5.41) is 2.79. The van der Waals surface area contributed by atoms with Gasteiger partial charge in [0.2, 0.25) is 31.9 Å². The molecule has 0 heterocycles. The van der Waals surface area contributed by atoms with Gasteiger partial charge < -0.3 is 8.85 Å². The summed E-state index contributed by atoms with van der Waals surface area (Å²) in [5.41, 5.74) is 27.6. The molecule has 2 aliphatic carbocycles. The third kappa shape index (κ3) is 34.8. The Morgan fingerprint density at radius 1 is 0.329 bits per heavy atom. The summed E-state index contributed by atoms with van der Waals surface area (Å²) in [4.78, 5) is 13.1. The molecule has 0 fully saturated rings. The van der Waals surface area contributed by atoms with Crippen molar-refractivity contribution < 1.29 is 48.4 Å². The van der Waals surface area contributed by atoms with Crippen LogP contribution in [-0.4, -0.2) is 43.2 Å². The Balaban J connectivity index is 0.000000259. The van der Waals surface area contributed by atoms with Gasteiger partial charge in [-0.25, -0.2) is 8.42 Å². The molecule has 8 atom stereocenters. The number of aryl methyl sites for hydroxylation is 24. The van der Waals surface area contributed by atoms with E-state index in [0.717, 1.165) is 128 Å². The number of carbonyl (C=O) groups excluding carboxylic acids is 1. The van der Waals surface area contributed by atoms with E-state index in [1.807, 2.05) is 116 Å². The number of allylic oxidation sites excluding steroid dienone is 2. The van der Waals surface area contributed by atoms with Crippen molar-refractivity contribution in [1.82, 2.24) is 0 Å². The van der Waals surface area contributed by atoms with Crippen molar-refractivity contribution >= 4 is 42.6 Å². The molecular formula is C135H176F6O5SSi2. The van der Waals surface area contributed by atoms with Crippen LogP contribution >= 0.6 is 0 Å². The molecule has 0 N–H and O–H groups in total. The lowest BCUT2D eigenvalue weighted by atomic mass is 9.67. The van der Waals surface area contributed by atoms with Crippen LogP contribution in [-0.2, 0) is 19.4 Å². The number of benzene rings is 13. The molecule has 15 rings (SSSR count). The Hall–Kier alpha value is -11.0. The third-order valence-electron chi connectivity index (χ3n) is 31.6. The Morgan fingerprint density at radius 2 is 0.611 bits per heavy atom. The Labute approximate surface area is 898 Å². The van der Waals surface area contributed by atoms with Crippen LogP contribution in [0, 0.1) is 202 Å². The first-order chi connectivity index (χ1) is 69.5. The second-order valence-corrected chi connectivity index (χ2v) is 53.3. The maximum absolute atomic E-state index is 14.0. The van der Waals surface area contributed by atoms with Gasteiger partial charge in [-0.2, -0.15) is 26.3 Å². The van der Waals surface area contributed by atoms with Crippen molar-refractivity contribution in [2.75, 3.05) is 0 Å². The lowest BCUT2D eigenvalue weighted by Gasteiger charge is -2.38. The van der Waals surface area contributed by atoms with E-state index in [4.69, 9.17) is 8.85 Å². The fourth-order valence-corrected chi connectivity index (χ4v) is 27.8. The maximum atomic E-state index is 14.0. The molecule has 13 aromatic carbocycles. The zero-order chi connectivity index (χ0) is 112. The zero-order valence-electron chi connectivity index (χ0n) is 97.5. The number of halogens is 6. The second kappa shape index (κ2) is 56.4. The molecule has 0 aromatic heterocycles. The topological polar surface area (TPSA) is 69.7 Å². The summed E-state index contributed by atoms with van der Waals surface area (Å²) in [6, 6.07) is 80.4. The lowest BCUT2D eigenvalue weighted by molar-refractivity contribution is -0.288. The number of sulfone groups is 1. The number of alkyl halides is 6. The normalized spacial score (nSPS) is 15.6. The van der Waals surface area contributed by atoms with Crippen molar-refractivity contribution in [1.29, 1.82) is 0 Å². The minimum Gasteiger partial charge on any atom is -0.457 e. The van der Waals surface area contributed by atoms with E-state index >= 15 is 0 Å². The van der Waals surface area contributed by atoms with E-state index in [1.165, 1.54) is 140 Å². The number of fused-ring (bicyclic) bond motifs is 1. The summed E-state index contributed by atoms with van der Waals surface area (Å²) in [6.07, 6.45) is -3.20. The molecule has 0 bridgehead atoms. The molecular weight excluding hydrogens is 1900 g/mol. The van der Waals surface area contributed by atoms with E-state index in [-0.39, 0.29) is 5.78 Å². The molecule has 149 heavy (non-hydrogen) atoms. The van der Waals surface area contributed by atoms with E-state index < -0.39 is 55.4 Å². The fraction of sp³-hybridized carbons (Fsp3) is 0.400. The van der Waals surface area contributed by atoms with E-state index in [2.05, 4.69) is 325 Å². The molecule has 8 unspecified atom stereocenters. The molecule has 802 valence electrons. The van der Waals surface area contributed by atoms with Gasteiger partial charge >= 0.3 is 12.4 Å². The predicted octanol–water partition coefficient (Wildman–Crippen LogP) is 38.3. The molecule has 2 aliphatic rings. The SMILES string of the molecule is CC.CCC(C)C1C=C(C)C(C)C(C)C1.CCC(C)C1CC(C)C(C)c2ccccc21.Cc1ccc(C(=O)c2ccc(C)c(C)c2)cc1C.Cc1ccc(C(c2ccc(C)c(C)c2)(C(F)(F)F)C(F)(F)F)cc1C.Cc1ccc(Oc2ccc(C)c(C)c2)cc1C.Cc1ccc(S(=O)(=O)c2ccc(C)c(C)c2)cc1C.Cc1ccc([Si](C)(C)O[Si](C)(C)c2ccc(C)c(C)c2)cc1C.Cc1ccccc1C.Cc1ccccc1C. The van der Waals surface area contributed by atoms with Crippen LogP contribution in [0.1, 0.15) is 285 Å². The molecule has 0 spiro atoms. The average Bonchev–Trinajstić information content (AvgIpc) is 0.710. The lowest BCUT2D eigenvalue weighted by Crippen LogP contribution is -2.57. The highest BCUT2D eigenvalue weighted by Gasteiger charge is 2.72. The monoisotopic (exact) mass is 2080 g/mol. The minimum absolute atomic E-state index is 0.0983. The highest BCUT2D eigenvalue weighted by molar-refractivity contribution is 7.91. The molecule has 13 aromatic rings. The zero-order valence-corrected chi connectivity index (χ0v) is 100. The van der Waals surface area contributed by atoms with Gasteiger partial charge in [0.25, 0.3) is 0 Å². The first kappa shape index (κ1) is 127. The quantitative estimate of drug-likeness (QED) is 0.0417. The predicted molar refractivity (Wildman–Crippen MR) is 630 cm³/mol. The van der Waals surface area contributed by atoms with Gasteiger partial charge in [-0.05, 0) is 486 Å². The average molecular weight is 2080 g/mol. The summed E-state index contributed by atoms with van der Waals surface area (Å²) in [5.74, 6) is 8.45. The van der Waals surface area contributed by atoms with Gasteiger partial charge in [0.05, 0.1) is 9.79 Å². The largest absolute Gasteiger partial charge is 0.457 e. The third-order valence-corrected chi connectivity index (χ3v) is 40.8. The van der Waals surface area contributed by atoms with Crippen molar-refractivity contribution in [3.63, 3.8) is 0 Å². The number of rotatable bonds is 16. The summed E-state index contributed by atoms with van der Waals surface area (Å²) in [7, 11) is -7.26. The van der Waals surface area contributed by atoms with Gasteiger partial charge in [-0.1, -0.05) is 288 Å². The van der Waals surface area contributed by atoms with Gasteiger partial charge in [0.15, 0.2) is 5.78 Å². The number of hydrogen-bond acceptors (Lipinski definition) is 5. The Morgan fingerprint density at radius 3 is 0.913 bits per heavy atom. The van der Waals surface area contributed by atoms with Crippen LogP contribution in [0.4, 0.5) is 26.3 Å². The molecule has 0 aliphatic heterocycles. The van der Waals surface area contributed by atoms with Crippen LogP contribution in [0.25, 0.3) is 0 Å². The number of carbonyl (C=O) groups is 1. The van der Waals surface area contributed by atoms with Crippen molar-refractivity contribution in [3.8, 4) is 11.5 Å². The van der Waals surface area contributed by atoms with Gasteiger partial charge in [0, 0.05) is 11.1 Å². The van der Waals surface area contributed by atoms with Crippen LogP contribution in [0.2, 0.25) is 26.2 Å². The van der Waals surface area contributed by atoms with Crippen molar-refractivity contribution in [3.05, 3.63) is 433 Å². The fourth-order valence-electron chi connectivity index (χ4n) is 18.2. The number of ether oxygens (including phenoxy) is 1. The standard InChI is InChI=1S/C20H30OSi2.C19H18F6.C17H18O.C16H18O2S.C16H18O.C16H24.C13H24.2C8H10.C2H6/c1-15-9-11-19(13-17(15)3)22(5,6)21-23(7,8)20-12-10-16(2)18(4)14-20;1-11-5-7-15(9-13(11)3)17(18(20,21)22,19(23,24)25)16-8-6-12(2)14(4)10-16;1-11-5-7-15(9-13(11)3)17(18)16-8-6-12(2)14(4)10-16;1-11-5-7-15(9-13(11)3)19(17,18)16-8-6-12(2)14(4)10-16;1-11-5-7-15(9-13(11)3)17-16-8-6-12(2)14(4)10-16;1-5-11(2)16-10-12(3)13(4)14-8-6-7-9-15(14)16;1-6-9(2)13-7-10(3)12(5)11(4)8-13;2*1-7-5-3-4-6-8(7)2;1-2/h9-14H,1-8H3;5-10H,1-4H3;5-10H,1-4H3;5-10H,1-4H3;5-10H,1-4H3;6-9,11-13,16H,5,10H2,1-4H3;7,9,11-13H,6,8H2,1-5H3;2*3-6H,1-2H3;1-2H3. The van der Waals surface area contributed by atoms with Crippen LogP contribution in [0.3, 0.4) is 0 Å². The summed E-state index contributed by atoms with van der Waals surface area (Å²) >= 11 is 0. The van der Waals surface area contributed by atoms with Crippen LogP contribution in [0.5, 0.6) is 11.5 Å². The molecule has 0 radical (unpaired) electrons. The molecule has 0 saturated carbocycles. The second-order valence-electron chi connectivity index (χ2n) is 43.3. The van der Waals surface area contributed by atoms with Gasteiger partial charge in [0.1, 0.15) is 11.5 Å². The Kier molecular flexibility index (Phi) is 47.9. The smallest absolute Gasteiger partial charge is 0.411 e. The van der Waals surface area contributed by atoms with Crippen molar-refractivity contribution in [2.24, 2.45) is 35.5 Å². The number of hydrogen-bond donors (Lipinski definition) is 0. The van der Waals surface area contributed by atoms with Gasteiger partial charge in [-0.3, -0.25) is 4.79 Å². The van der Waals surface area contributed by atoms with Crippen LogP contribution in [0.15, 0.2) is 276 Å². The molecule has 5 nitrogen and oxygen atoms in total. The van der Waals surface area contributed by atoms with Gasteiger partial charge in [-0.15, -0.1) is 0 Å². The van der Waals surface area contributed by atoms with Crippen LogP contribution < -0.4 is 15.1 Å². The Bertz CT molecular complexity index is 6370. The highest BCUT2D eigenvalue weighted by atomic mass is 32.2. The first-order valence-corrected chi connectivity index (χ1v) is 60.7.